The number of carbonyl (C=O) groups excluding carboxylic acids is 1. The van der Waals surface area contributed by atoms with Crippen molar-refractivity contribution in [2.24, 2.45) is 5.92 Å². The summed E-state index contributed by atoms with van der Waals surface area (Å²) in [6, 6.07) is 11.9. The number of amides is 1. The summed E-state index contributed by atoms with van der Waals surface area (Å²) >= 11 is 0. The Balaban J connectivity index is 1.62. The van der Waals surface area contributed by atoms with Crippen LogP contribution in [0.25, 0.3) is 0 Å². The molecule has 0 aromatic heterocycles. The highest BCUT2D eigenvalue weighted by Crippen LogP contribution is 2.31. The maximum absolute atomic E-state index is 12.5. The largest absolute Gasteiger partial charge is 0.416 e. The van der Waals surface area contributed by atoms with Gasteiger partial charge in [-0.1, -0.05) is 0 Å². The summed E-state index contributed by atoms with van der Waals surface area (Å²) in [7, 11) is 0. The minimum Gasteiger partial charge on any atom is -0.356 e. The smallest absolute Gasteiger partial charge is 0.356 e. The number of hydrogen-bond acceptors (Lipinski definition) is 2. The average molecular weight is 320 g/mol. The van der Waals surface area contributed by atoms with Gasteiger partial charge in [0.1, 0.15) is 0 Å². The lowest BCUT2D eigenvalue weighted by Crippen LogP contribution is -2.13. The summed E-state index contributed by atoms with van der Waals surface area (Å²) in [5, 5.41) is 5.85. The van der Waals surface area contributed by atoms with E-state index in [4.69, 9.17) is 0 Å². The molecule has 1 aliphatic rings. The van der Waals surface area contributed by atoms with Crippen molar-refractivity contribution in [1.29, 1.82) is 0 Å². The van der Waals surface area contributed by atoms with Crippen molar-refractivity contribution in [3.63, 3.8) is 0 Å². The third kappa shape index (κ3) is 4.03. The second kappa shape index (κ2) is 5.95. The number of halogens is 3. The van der Waals surface area contributed by atoms with Crippen molar-refractivity contribution in [3.8, 4) is 0 Å². The molecule has 3 rings (SSSR count). The molecule has 3 nitrogen and oxygen atoms in total. The van der Waals surface area contributed by atoms with E-state index in [2.05, 4.69) is 10.6 Å². The van der Waals surface area contributed by atoms with Crippen molar-refractivity contribution >= 4 is 23.0 Å². The summed E-state index contributed by atoms with van der Waals surface area (Å²) in [6.07, 6.45) is -2.45. The normalized spacial score (nSPS) is 14.4. The van der Waals surface area contributed by atoms with Gasteiger partial charge in [-0.15, -0.1) is 0 Å². The minimum absolute atomic E-state index is 0.0356. The maximum atomic E-state index is 12.5. The lowest BCUT2D eigenvalue weighted by molar-refractivity contribution is -0.137. The molecule has 0 heterocycles. The van der Waals surface area contributed by atoms with Crippen LogP contribution < -0.4 is 10.6 Å². The first kappa shape index (κ1) is 15.4. The van der Waals surface area contributed by atoms with E-state index < -0.39 is 11.7 Å². The Morgan fingerprint density at radius 2 is 1.35 bits per heavy atom. The number of carbonyl (C=O) groups is 1. The number of hydrogen-bond donors (Lipinski definition) is 2. The molecule has 1 aliphatic carbocycles. The fraction of sp³-hybridized carbons (Fsp3) is 0.235. The molecule has 0 aliphatic heterocycles. The monoisotopic (exact) mass is 320 g/mol. The maximum Gasteiger partial charge on any atom is 0.416 e. The highest BCUT2D eigenvalue weighted by atomic mass is 19.4. The van der Waals surface area contributed by atoms with Gasteiger partial charge in [-0.25, -0.2) is 0 Å². The Bertz CT molecular complexity index is 689. The number of benzene rings is 2. The number of rotatable bonds is 4. The lowest BCUT2D eigenvalue weighted by atomic mass is 10.2. The Labute approximate surface area is 131 Å². The fourth-order valence-electron chi connectivity index (χ4n) is 2.14. The zero-order valence-electron chi connectivity index (χ0n) is 12.2. The third-order valence-electron chi connectivity index (χ3n) is 3.60. The zero-order valence-corrected chi connectivity index (χ0v) is 12.2. The molecule has 1 amide bonds. The molecule has 2 N–H and O–H groups in total. The van der Waals surface area contributed by atoms with Crippen molar-refractivity contribution in [1.82, 2.24) is 0 Å². The molecule has 0 spiro atoms. The van der Waals surface area contributed by atoms with E-state index in [9.17, 15) is 18.0 Å². The molecule has 2 aromatic carbocycles. The van der Waals surface area contributed by atoms with Crippen LogP contribution in [0.1, 0.15) is 18.4 Å². The second-order valence-electron chi connectivity index (χ2n) is 5.54. The molecule has 23 heavy (non-hydrogen) atoms. The van der Waals surface area contributed by atoms with Crippen LogP contribution in [0.5, 0.6) is 0 Å². The van der Waals surface area contributed by atoms with Crippen molar-refractivity contribution < 1.29 is 18.0 Å². The van der Waals surface area contributed by atoms with Gasteiger partial charge in [0.2, 0.25) is 5.91 Å². The molecule has 1 fully saturated rings. The van der Waals surface area contributed by atoms with Gasteiger partial charge < -0.3 is 10.6 Å². The number of nitrogens with one attached hydrogen (secondary N) is 2. The predicted octanol–water partition coefficient (Wildman–Crippen LogP) is 4.80. The molecule has 0 radical (unpaired) electrons. The van der Waals surface area contributed by atoms with Crippen LogP contribution in [-0.2, 0) is 11.0 Å². The zero-order chi connectivity index (χ0) is 16.4. The molecular weight excluding hydrogens is 305 g/mol. The highest BCUT2D eigenvalue weighted by Gasteiger charge is 2.30. The van der Waals surface area contributed by atoms with Crippen molar-refractivity contribution in [2.45, 2.75) is 19.0 Å². The molecule has 120 valence electrons. The van der Waals surface area contributed by atoms with Crippen LogP contribution >= 0.6 is 0 Å². The first-order valence-corrected chi connectivity index (χ1v) is 7.27. The van der Waals surface area contributed by atoms with E-state index in [0.717, 1.165) is 30.7 Å². The van der Waals surface area contributed by atoms with Crippen LogP contribution in [0.3, 0.4) is 0 Å². The van der Waals surface area contributed by atoms with E-state index >= 15 is 0 Å². The minimum atomic E-state index is -4.33. The first-order valence-electron chi connectivity index (χ1n) is 7.27. The van der Waals surface area contributed by atoms with Crippen LogP contribution in [-0.4, -0.2) is 5.91 Å². The fourth-order valence-corrected chi connectivity index (χ4v) is 2.14. The Kier molecular flexibility index (Phi) is 3.98. The molecule has 0 bridgehead atoms. The van der Waals surface area contributed by atoms with Crippen LogP contribution in [0.4, 0.5) is 30.2 Å². The van der Waals surface area contributed by atoms with E-state index in [1.165, 1.54) is 12.1 Å². The standard InChI is InChI=1S/C17H15F3N2O/c18-17(19,20)12-3-5-13(6-4-12)21-14-7-9-15(10-8-14)22-16(23)11-1-2-11/h3-11,21H,1-2H2,(H,22,23). The number of anilines is 3. The van der Waals surface area contributed by atoms with Crippen LogP contribution in [0.2, 0.25) is 0 Å². The molecular formula is C17H15F3N2O. The van der Waals surface area contributed by atoms with E-state index in [1.54, 1.807) is 24.3 Å². The van der Waals surface area contributed by atoms with E-state index in [-0.39, 0.29) is 11.8 Å². The summed E-state index contributed by atoms with van der Waals surface area (Å²) in [4.78, 5) is 11.6. The Morgan fingerprint density at radius 3 is 1.83 bits per heavy atom. The number of alkyl halides is 3. The van der Waals surface area contributed by atoms with Crippen molar-refractivity contribution in [3.05, 3.63) is 54.1 Å². The lowest BCUT2D eigenvalue weighted by Gasteiger charge is -2.10. The molecule has 6 heteroatoms. The van der Waals surface area contributed by atoms with Crippen LogP contribution in [0.15, 0.2) is 48.5 Å². The van der Waals surface area contributed by atoms with E-state index in [0.29, 0.717) is 11.4 Å². The van der Waals surface area contributed by atoms with Gasteiger partial charge in [-0.3, -0.25) is 4.79 Å². The van der Waals surface area contributed by atoms with Crippen molar-refractivity contribution in [2.75, 3.05) is 10.6 Å². The summed E-state index contributed by atoms with van der Waals surface area (Å²) < 4.78 is 37.5. The summed E-state index contributed by atoms with van der Waals surface area (Å²) in [6.45, 7) is 0. The quantitative estimate of drug-likeness (QED) is 0.850. The third-order valence-corrected chi connectivity index (χ3v) is 3.60. The summed E-state index contributed by atoms with van der Waals surface area (Å²) in [5.74, 6) is 0.174. The topological polar surface area (TPSA) is 41.1 Å². The van der Waals surface area contributed by atoms with Gasteiger partial charge in [0.05, 0.1) is 5.56 Å². The highest BCUT2D eigenvalue weighted by molar-refractivity contribution is 5.94. The predicted molar refractivity (Wildman–Crippen MR) is 82.5 cm³/mol. The SMILES string of the molecule is O=C(Nc1ccc(Nc2ccc(C(F)(F)F)cc2)cc1)C1CC1. The summed E-state index contributed by atoms with van der Waals surface area (Å²) in [5.41, 5.74) is 1.32. The Morgan fingerprint density at radius 1 is 0.870 bits per heavy atom. The molecule has 0 saturated heterocycles. The van der Waals surface area contributed by atoms with Gasteiger partial charge in [-0.2, -0.15) is 13.2 Å². The molecule has 2 aromatic rings. The molecule has 1 saturated carbocycles. The van der Waals surface area contributed by atoms with Gasteiger partial charge >= 0.3 is 6.18 Å². The molecule has 0 atom stereocenters. The Hall–Kier alpha value is -2.50. The van der Waals surface area contributed by atoms with E-state index in [1.807, 2.05) is 0 Å². The van der Waals surface area contributed by atoms with Gasteiger partial charge in [-0.05, 0) is 61.4 Å². The average Bonchev–Trinajstić information content (AvgIpc) is 3.34. The first-order chi connectivity index (χ1) is 10.9. The van der Waals surface area contributed by atoms with Crippen LogP contribution in [0, 0.1) is 5.92 Å². The molecule has 0 unspecified atom stereocenters. The van der Waals surface area contributed by atoms with Gasteiger partial charge in [0, 0.05) is 23.0 Å². The second-order valence-corrected chi connectivity index (χ2v) is 5.54. The van der Waals surface area contributed by atoms with Gasteiger partial charge in [0.25, 0.3) is 0 Å². The van der Waals surface area contributed by atoms with Gasteiger partial charge in [0.15, 0.2) is 0 Å².